The monoisotopic (exact) mass is 252 g/mol. The Bertz CT molecular complexity index is 366. The fraction of sp³-hybridized carbons (Fsp3) is 0.462. The standard InChI is InChI=1S/C13H16O3S/c1-10(14)17-8-7-15-9-12-13(16-12)11-5-3-2-4-6-11/h2-6,12-13H,7-9H2,1H3/t12-,13+/m1/s1. The quantitative estimate of drug-likeness (QED) is 0.576. The molecule has 1 aliphatic heterocycles. The number of benzene rings is 1. The summed E-state index contributed by atoms with van der Waals surface area (Å²) in [7, 11) is 0. The van der Waals surface area contributed by atoms with Gasteiger partial charge >= 0.3 is 0 Å². The van der Waals surface area contributed by atoms with Crippen molar-refractivity contribution in [3.8, 4) is 0 Å². The number of ether oxygens (including phenoxy) is 2. The van der Waals surface area contributed by atoms with E-state index in [0.29, 0.717) is 13.2 Å². The van der Waals surface area contributed by atoms with Gasteiger partial charge in [0, 0.05) is 12.7 Å². The van der Waals surface area contributed by atoms with Gasteiger partial charge < -0.3 is 9.47 Å². The van der Waals surface area contributed by atoms with Gasteiger partial charge in [-0.05, 0) is 5.56 Å². The number of epoxide rings is 1. The predicted octanol–water partition coefficient (Wildman–Crippen LogP) is 2.42. The number of carbonyl (C=O) groups is 1. The molecule has 0 aliphatic carbocycles. The molecule has 17 heavy (non-hydrogen) atoms. The zero-order valence-electron chi connectivity index (χ0n) is 9.80. The van der Waals surface area contributed by atoms with Gasteiger partial charge in [0.1, 0.15) is 12.2 Å². The zero-order valence-corrected chi connectivity index (χ0v) is 10.6. The van der Waals surface area contributed by atoms with Crippen LogP contribution in [0.1, 0.15) is 18.6 Å². The van der Waals surface area contributed by atoms with Crippen molar-refractivity contribution in [2.45, 2.75) is 19.1 Å². The van der Waals surface area contributed by atoms with Crippen LogP contribution in [0.3, 0.4) is 0 Å². The average molecular weight is 252 g/mol. The highest BCUT2D eigenvalue weighted by Crippen LogP contribution is 2.38. The molecule has 1 aromatic carbocycles. The first-order valence-electron chi connectivity index (χ1n) is 5.69. The first-order valence-corrected chi connectivity index (χ1v) is 6.67. The molecule has 1 fully saturated rings. The maximum atomic E-state index is 10.7. The summed E-state index contributed by atoms with van der Waals surface area (Å²) in [5.41, 5.74) is 1.21. The SMILES string of the molecule is CC(=O)SCCOC[C@H]1O[C@H]1c1ccccc1. The van der Waals surface area contributed by atoms with Crippen molar-refractivity contribution >= 4 is 16.9 Å². The second-order valence-electron chi connectivity index (χ2n) is 3.92. The summed E-state index contributed by atoms with van der Waals surface area (Å²) in [5, 5.41) is 0.137. The molecule has 0 spiro atoms. The van der Waals surface area contributed by atoms with Crippen LogP contribution in [0.4, 0.5) is 0 Å². The normalized spacial score (nSPS) is 22.4. The molecule has 1 heterocycles. The molecule has 1 aromatic rings. The van der Waals surface area contributed by atoms with Gasteiger partial charge in [-0.25, -0.2) is 0 Å². The van der Waals surface area contributed by atoms with Gasteiger partial charge in [-0.3, -0.25) is 4.79 Å². The third-order valence-electron chi connectivity index (χ3n) is 2.53. The highest BCUT2D eigenvalue weighted by molar-refractivity contribution is 8.13. The van der Waals surface area contributed by atoms with E-state index < -0.39 is 0 Å². The van der Waals surface area contributed by atoms with Crippen LogP contribution < -0.4 is 0 Å². The number of rotatable bonds is 6. The van der Waals surface area contributed by atoms with Crippen molar-refractivity contribution in [1.82, 2.24) is 0 Å². The Morgan fingerprint density at radius 3 is 2.88 bits per heavy atom. The molecule has 0 radical (unpaired) electrons. The fourth-order valence-electron chi connectivity index (χ4n) is 1.65. The first-order chi connectivity index (χ1) is 8.27. The molecule has 4 heteroatoms. The Hall–Kier alpha value is -0.840. The third kappa shape index (κ3) is 4.15. The van der Waals surface area contributed by atoms with E-state index >= 15 is 0 Å². The molecule has 1 aliphatic rings. The Morgan fingerprint density at radius 2 is 2.18 bits per heavy atom. The van der Waals surface area contributed by atoms with Crippen molar-refractivity contribution in [3.05, 3.63) is 35.9 Å². The molecule has 2 rings (SSSR count). The summed E-state index contributed by atoms with van der Waals surface area (Å²) in [6.07, 6.45) is 0.372. The van der Waals surface area contributed by atoms with Crippen molar-refractivity contribution in [3.63, 3.8) is 0 Å². The van der Waals surface area contributed by atoms with E-state index in [0.717, 1.165) is 5.75 Å². The van der Waals surface area contributed by atoms with Gasteiger partial charge in [-0.15, -0.1) is 0 Å². The molecule has 92 valence electrons. The molecule has 0 saturated carbocycles. The van der Waals surface area contributed by atoms with Crippen LogP contribution in [0, 0.1) is 0 Å². The van der Waals surface area contributed by atoms with Crippen molar-refractivity contribution in [2.75, 3.05) is 19.0 Å². The molecule has 2 atom stereocenters. The lowest BCUT2D eigenvalue weighted by molar-refractivity contribution is -0.109. The second-order valence-corrected chi connectivity index (χ2v) is 5.19. The largest absolute Gasteiger partial charge is 0.378 e. The summed E-state index contributed by atoms with van der Waals surface area (Å²) in [6, 6.07) is 10.2. The lowest BCUT2D eigenvalue weighted by Crippen LogP contribution is -2.06. The molecular formula is C13H16O3S. The van der Waals surface area contributed by atoms with E-state index in [9.17, 15) is 4.79 Å². The molecule has 3 nitrogen and oxygen atoms in total. The lowest BCUT2D eigenvalue weighted by atomic mass is 10.1. The van der Waals surface area contributed by atoms with Crippen LogP contribution in [-0.4, -0.2) is 30.2 Å². The van der Waals surface area contributed by atoms with E-state index in [1.807, 2.05) is 18.2 Å². The molecule has 0 unspecified atom stereocenters. The van der Waals surface area contributed by atoms with Gasteiger partial charge in [-0.2, -0.15) is 0 Å². The first kappa shape index (κ1) is 12.6. The Kier molecular flexibility index (Phi) is 4.59. The van der Waals surface area contributed by atoms with E-state index in [-0.39, 0.29) is 17.3 Å². The Morgan fingerprint density at radius 1 is 1.41 bits per heavy atom. The topological polar surface area (TPSA) is 38.8 Å². The summed E-state index contributed by atoms with van der Waals surface area (Å²) < 4.78 is 11.0. The second kappa shape index (κ2) is 6.19. The van der Waals surface area contributed by atoms with Crippen LogP contribution >= 0.6 is 11.8 Å². The van der Waals surface area contributed by atoms with Crippen LogP contribution in [0.5, 0.6) is 0 Å². The van der Waals surface area contributed by atoms with E-state index in [4.69, 9.17) is 9.47 Å². The maximum absolute atomic E-state index is 10.7. The van der Waals surface area contributed by atoms with Gasteiger partial charge in [0.15, 0.2) is 5.12 Å². The van der Waals surface area contributed by atoms with E-state index in [1.54, 1.807) is 6.92 Å². The molecular weight excluding hydrogens is 236 g/mol. The summed E-state index contributed by atoms with van der Waals surface area (Å²) in [4.78, 5) is 10.7. The minimum atomic E-state index is 0.137. The lowest BCUT2D eigenvalue weighted by Gasteiger charge is -2.00. The van der Waals surface area contributed by atoms with Crippen LogP contribution in [0.2, 0.25) is 0 Å². The van der Waals surface area contributed by atoms with Crippen LogP contribution in [-0.2, 0) is 14.3 Å². The minimum absolute atomic E-state index is 0.137. The Balaban J connectivity index is 1.59. The minimum Gasteiger partial charge on any atom is -0.378 e. The van der Waals surface area contributed by atoms with Crippen molar-refractivity contribution < 1.29 is 14.3 Å². The van der Waals surface area contributed by atoms with E-state index in [1.165, 1.54) is 17.3 Å². The highest BCUT2D eigenvalue weighted by Gasteiger charge is 2.39. The fourth-order valence-corrected chi connectivity index (χ4v) is 2.14. The van der Waals surface area contributed by atoms with Gasteiger partial charge in [0.2, 0.25) is 0 Å². The van der Waals surface area contributed by atoms with Crippen molar-refractivity contribution in [2.24, 2.45) is 0 Å². The molecule has 0 aromatic heterocycles. The van der Waals surface area contributed by atoms with Crippen LogP contribution in [0.25, 0.3) is 0 Å². The molecule has 0 amide bonds. The third-order valence-corrected chi connectivity index (χ3v) is 3.30. The molecule has 1 saturated heterocycles. The summed E-state index contributed by atoms with van der Waals surface area (Å²) in [6.45, 7) is 2.78. The maximum Gasteiger partial charge on any atom is 0.185 e. The van der Waals surface area contributed by atoms with Gasteiger partial charge in [0.05, 0.1) is 13.2 Å². The predicted molar refractivity (Wildman–Crippen MR) is 68.0 cm³/mol. The van der Waals surface area contributed by atoms with Gasteiger partial charge in [-0.1, -0.05) is 42.1 Å². The smallest absolute Gasteiger partial charge is 0.185 e. The van der Waals surface area contributed by atoms with Crippen LogP contribution in [0.15, 0.2) is 30.3 Å². The number of hydrogen-bond donors (Lipinski definition) is 0. The van der Waals surface area contributed by atoms with Crippen molar-refractivity contribution in [1.29, 1.82) is 0 Å². The summed E-state index contributed by atoms with van der Waals surface area (Å²) in [5.74, 6) is 0.720. The number of thioether (sulfide) groups is 1. The summed E-state index contributed by atoms with van der Waals surface area (Å²) >= 11 is 1.30. The molecule has 0 bridgehead atoms. The number of hydrogen-bond acceptors (Lipinski definition) is 4. The Labute approximate surface area is 105 Å². The average Bonchev–Trinajstić information content (AvgIpc) is 3.09. The molecule has 0 N–H and O–H groups in total. The zero-order chi connectivity index (χ0) is 12.1. The number of carbonyl (C=O) groups excluding carboxylic acids is 1. The van der Waals surface area contributed by atoms with E-state index in [2.05, 4.69) is 12.1 Å². The highest BCUT2D eigenvalue weighted by atomic mass is 32.2. The van der Waals surface area contributed by atoms with Gasteiger partial charge in [0.25, 0.3) is 0 Å².